The minimum Gasteiger partial charge on any atom is -0.491 e. The summed E-state index contributed by atoms with van der Waals surface area (Å²) >= 11 is 0. The Bertz CT molecular complexity index is 898. The van der Waals surface area contributed by atoms with Crippen molar-refractivity contribution in [2.45, 2.75) is 38.8 Å². The number of para-hydroxylation sites is 2. The van der Waals surface area contributed by atoms with E-state index in [4.69, 9.17) is 4.74 Å². The highest BCUT2D eigenvalue weighted by Crippen LogP contribution is 2.22. The minimum atomic E-state index is -0.559. The van der Waals surface area contributed by atoms with Crippen LogP contribution < -0.4 is 10.1 Å². The highest BCUT2D eigenvalue weighted by molar-refractivity contribution is 5.81. The van der Waals surface area contributed by atoms with Crippen LogP contribution in [0.3, 0.4) is 0 Å². The molecule has 4 heteroatoms. The second kappa shape index (κ2) is 8.15. The Balaban J connectivity index is 1.54. The predicted octanol–water partition coefficient (Wildman–Crippen LogP) is 3.84. The van der Waals surface area contributed by atoms with Crippen LogP contribution in [0, 0.1) is 6.92 Å². The van der Waals surface area contributed by atoms with Crippen molar-refractivity contribution < 1.29 is 9.84 Å². The number of hydrogen-bond acceptors (Lipinski definition) is 3. The standard InChI is InChI=1S/C23H30N2O2/c1-17-9-5-8-12-22(17)27-16-20(26)15-24-23(2,3)14-19-13-18-10-6-7-11-21(18)25(19)4/h5-13,20,24,26H,14-16H2,1-4H3. The van der Waals surface area contributed by atoms with E-state index in [9.17, 15) is 5.11 Å². The van der Waals surface area contributed by atoms with Gasteiger partial charge in [0, 0.05) is 36.8 Å². The Morgan fingerprint density at radius 1 is 1.11 bits per heavy atom. The van der Waals surface area contributed by atoms with Crippen molar-refractivity contribution in [1.29, 1.82) is 0 Å². The molecule has 0 saturated heterocycles. The van der Waals surface area contributed by atoms with E-state index in [2.05, 4.69) is 61.1 Å². The number of aliphatic hydroxyl groups excluding tert-OH is 1. The molecule has 1 unspecified atom stereocenters. The third kappa shape index (κ3) is 4.90. The van der Waals surface area contributed by atoms with E-state index in [-0.39, 0.29) is 12.1 Å². The molecule has 0 radical (unpaired) electrons. The van der Waals surface area contributed by atoms with Gasteiger partial charge in [0.2, 0.25) is 0 Å². The largest absolute Gasteiger partial charge is 0.491 e. The summed E-state index contributed by atoms with van der Waals surface area (Å²) in [5.41, 5.74) is 3.47. The molecule has 3 rings (SSSR count). The van der Waals surface area contributed by atoms with Gasteiger partial charge in [-0.2, -0.15) is 0 Å². The second-order valence-electron chi connectivity index (χ2n) is 7.93. The highest BCUT2D eigenvalue weighted by atomic mass is 16.5. The Morgan fingerprint density at radius 3 is 2.56 bits per heavy atom. The smallest absolute Gasteiger partial charge is 0.122 e. The molecule has 1 aromatic heterocycles. The normalized spacial score (nSPS) is 13.1. The van der Waals surface area contributed by atoms with Crippen LogP contribution in [0.25, 0.3) is 10.9 Å². The SMILES string of the molecule is Cc1ccccc1OCC(O)CNC(C)(C)Cc1cc2ccccc2n1C. The summed E-state index contributed by atoms with van der Waals surface area (Å²) in [6.45, 7) is 7.11. The van der Waals surface area contributed by atoms with Gasteiger partial charge in [-0.3, -0.25) is 0 Å². The van der Waals surface area contributed by atoms with Gasteiger partial charge in [0.05, 0.1) is 0 Å². The number of aliphatic hydroxyl groups is 1. The molecule has 0 aliphatic rings. The van der Waals surface area contributed by atoms with Crippen LogP contribution in [-0.2, 0) is 13.5 Å². The fourth-order valence-corrected chi connectivity index (χ4v) is 3.39. The molecular weight excluding hydrogens is 336 g/mol. The summed E-state index contributed by atoms with van der Waals surface area (Å²) in [6.07, 6.45) is 0.320. The molecule has 1 heterocycles. The molecule has 0 amide bonds. The molecule has 1 atom stereocenters. The molecule has 0 fully saturated rings. The van der Waals surface area contributed by atoms with Crippen LogP contribution in [0.5, 0.6) is 5.75 Å². The molecule has 0 aliphatic heterocycles. The van der Waals surface area contributed by atoms with Crippen LogP contribution in [0.1, 0.15) is 25.1 Å². The van der Waals surface area contributed by atoms with Crippen molar-refractivity contribution in [3.05, 3.63) is 65.9 Å². The molecule has 0 bridgehead atoms. The number of hydrogen-bond donors (Lipinski definition) is 2. The minimum absolute atomic E-state index is 0.133. The number of β-amino-alcohol motifs (C(OH)–C–C–N with tert-alkyl or cyclic N) is 1. The first-order valence-electron chi connectivity index (χ1n) is 9.50. The van der Waals surface area contributed by atoms with E-state index in [0.717, 1.165) is 17.7 Å². The number of rotatable bonds is 8. The van der Waals surface area contributed by atoms with Crippen molar-refractivity contribution in [1.82, 2.24) is 9.88 Å². The van der Waals surface area contributed by atoms with Crippen molar-refractivity contribution in [2.75, 3.05) is 13.2 Å². The maximum Gasteiger partial charge on any atom is 0.122 e. The molecule has 3 aromatic rings. The van der Waals surface area contributed by atoms with Crippen LogP contribution in [0.2, 0.25) is 0 Å². The first-order chi connectivity index (χ1) is 12.9. The lowest BCUT2D eigenvalue weighted by atomic mass is 9.98. The lowest BCUT2D eigenvalue weighted by Crippen LogP contribution is -2.46. The average molecular weight is 367 g/mol. The summed E-state index contributed by atoms with van der Waals surface area (Å²) in [7, 11) is 2.11. The Hall–Kier alpha value is -2.30. The molecule has 0 spiro atoms. The van der Waals surface area contributed by atoms with Gasteiger partial charge < -0.3 is 19.7 Å². The van der Waals surface area contributed by atoms with Crippen LogP contribution >= 0.6 is 0 Å². The zero-order valence-electron chi connectivity index (χ0n) is 16.7. The molecule has 0 saturated carbocycles. The van der Waals surface area contributed by atoms with Crippen LogP contribution in [-0.4, -0.2) is 34.5 Å². The number of nitrogens with one attached hydrogen (secondary N) is 1. The maximum atomic E-state index is 10.3. The summed E-state index contributed by atoms with van der Waals surface area (Å²) in [6, 6.07) is 18.5. The molecule has 0 aliphatic carbocycles. The van der Waals surface area contributed by atoms with E-state index in [1.165, 1.54) is 16.6 Å². The highest BCUT2D eigenvalue weighted by Gasteiger charge is 2.21. The van der Waals surface area contributed by atoms with E-state index < -0.39 is 6.10 Å². The van der Waals surface area contributed by atoms with Gasteiger partial charge in [0.15, 0.2) is 0 Å². The quantitative estimate of drug-likeness (QED) is 0.637. The number of ether oxygens (including phenoxy) is 1. The monoisotopic (exact) mass is 366 g/mol. The molecular formula is C23H30N2O2. The van der Waals surface area contributed by atoms with E-state index >= 15 is 0 Å². The van der Waals surface area contributed by atoms with Crippen molar-refractivity contribution in [2.24, 2.45) is 7.05 Å². The average Bonchev–Trinajstić information content (AvgIpc) is 2.95. The Labute approximate surface area is 161 Å². The van der Waals surface area contributed by atoms with Gasteiger partial charge in [0.25, 0.3) is 0 Å². The maximum absolute atomic E-state index is 10.3. The van der Waals surface area contributed by atoms with E-state index in [0.29, 0.717) is 6.54 Å². The number of fused-ring (bicyclic) bond motifs is 1. The summed E-state index contributed by atoms with van der Waals surface area (Å²) in [4.78, 5) is 0. The third-order valence-electron chi connectivity index (χ3n) is 5.02. The molecule has 144 valence electrons. The van der Waals surface area contributed by atoms with Crippen molar-refractivity contribution in [3.8, 4) is 5.75 Å². The number of aromatic nitrogens is 1. The number of nitrogens with zero attached hydrogens (tertiary/aromatic N) is 1. The van der Waals surface area contributed by atoms with Gasteiger partial charge >= 0.3 is 0 Å². The van der Waals surface area contributed by atoms with Gasteiger partial charge in [0.1, 0.15) is 18.5 Å². The lowest BCUT2D eigenvalue weighted by molar-refractivity contribution is 0.0984. The van der Waals surface area contributed by atoms with Gasteiger partial charge in [-0.1, -0.05) is 36.4 Å². The molecule has 2 aromatic carbocycles. The summed E-state index contributed by atoms with van der Waals surface area (Å²) in [5, 5.41) is 15.1. The molecule has 4 nitrogen and oxygen atoms in total. The topological polar surface area (TPSA) is 46.4 Å². The fraction of sp³-hybridized carbons (Fsp3) is 0.391. The third-order valence-corrected chi connectivity index (χ3v) is 5.02. The second-order valence-corrected chi connectivity index (χ2v) is 7.93. The predicted molar refractivity (Wildman–Crippen MR) is 111 cm³/mol. The molecule has 27 heavy (non-hydrogen) atoms. The van der Waals surface area contributed by atoms with Crippen LogP contribution in [0.15, 0.2) is 54.6 Å². The van der Waals surface area contributed by atoms with Crippen LogP contribution in [0.4, 0.5) is 0 Å². The van der Waals surface area contributed by atoms with Crippen molar-refractivity contribution in [3.63, 3.8) is 0 Å². The zero-order valence-corrected chi connectivity index (χ0v) is 16.7. The van der Waals surface area contributed by atoms with Crippen molar-refractivity contribution >= 4 is 10.9 Å². The first-order valence-corrected chi connectivity index (χ1v) is 9.50. The Kier molecular flexibility index (Phi) is 5.88. The fourth-order valence-electron chi connectivity index (χ4n) is 3.39. The van der Waals surface area contributed by atoms with Gasteiger partial charge in [-0.05, 0) is 49.9 Å². The number of benzene rings is 2. The lowest BCUT2D eigenvalue weighted by Gasteiger charge is -2.28. The Morgan fingerprint density at radius 2 is 1.81 bits per heavy atom. The van der Waals surface area contributed by atoms with Gasteiger partial charge in [-0.25, -0.2) is 0 Å². The summed E-state index contributed by atoms with van der Waals surface area (Å²) in [5.74, 6) is 0.825. The van der Waals surface area contributed by atoms with E-state index in [1.807, 2.05) is 31.2 Å². The number of aryl methyl sites for hydroxylation is 2. The zero-order chi connectivity index (χ0) is 19.4. The van der Waals surface area contributed by atoms with E-state index in [1.54, 1.807) is 0 Å². The van der Waals surface area contributed by atoms with Gasteiger partial charge in [-0.15, -0.1) is 0 Å². The first kappa shape index (κ1) is 19.5. The molecule has 2 N–H and O–H groups in total. The summed E-state index contributed by atoms with van der Waals surface area (Å²) < 4.78 is 7.99.